The molecule has 5 nitrogen and oxygen atoms in total. The molecule has 0 saturated carbocycles. The van der Waals surface area contributed by atoms with Gasteiger partial charge in [0.25, 0.3) is 0 Å². The lowest BCUT2D eigenvalue weighted by atomic mass is 9.95. The summed E-state index contributed by atoms with van der Waals surface area (Å²) in [6.07, 6.45) is -3.61. The molecule has 1 fully saturated rings. The minimum absolute atomic E-state index is 0.0530. The van der Waals surface area contributed by atoms with E-state index in [2.05, 4.69) is 10.6 Å². The molecule has 0 aliphatic carbocycles. The van der Waals surface area contributed by atoms with Crippen LogP contribution < -0.4 is 10.6 Å². The Labute approximate surface area is 142 Å². The van der Waals surface area contributed by atoms with Gasteiger partial charge < -0.3 is 10.6 Å². The number of carbonyl (C=O) groups excluding carboxylic acids is 1. The van der Waals surface area contributed by atoms with E-state index >= 15 is 0 Å². The van der Waals surface area contributed by atoms with E-state index in [0.29, 0.717) is 19.2 Å². The number of nitrogens with one attached hydrogen (secondary N) is 2. The van der Waals surface area contributed by atoms with Crippen molar-refractivity contribution in [1.82, 2.24) is 5.32 Å². The van der Waals surface area contributed by atoms with Crippen LogP contribution in [0.2, 0.25) is 5.02 Å². The summed E-state index contributed by atoms with van der Waals surface area (Å²) in [5.74, 6) is -0.832. The Bertz CT molecular complexity index is 744. The average Bonchev–Trinajstić information content (AvgIpc) is 2.47. The van der Waals surface area contributed by atoms with Gasteiger partial charge in [0.15, 0.2) is 14.6 Å². The Morgan fingerprint density at radius 1 is 1.29 bits per heavy atom. The summed E-state index contributed by atoms with van der Waals surface area (Å²) >= 11 is 5.53. The third-order valence-corrected chi connectivity index (χ3v) is 6.41. The lowest BCUT2D eigenvalue weighted by Crippen LogP contribution is -2.55. The van der Waals surface area contributed by atoms with Gasteiger partial charge in [-0.25, -0.2) is 8.42 Å². The molecular weight excluding hydrogens is 369 g/mol. The van der Waals surface area contributed by atoms with Crippen molar-refractivity contribution < 1.29 is 26.4 Å². The number of anilines is 1. The second-order valence-corrected chi connectivity index (χ2v) is 8.40. The molecule has 1 aliphatic heterocycles. The van der Waals surface area contributed by atoms with Crippen LogP contribution in [0.5, 0.6) is 0 Å². The van der Waals surface area contributed by atoms with Crippen LogP contribution in [-0.4, -0.2) is 38.4 Å². The summed E-state index contributed by atoms with van der Waals surface area (Å²) in [4.78, 5) is 12.5. The molecule has 0 atom stereocenters. The minimum atomic E-state index is -4.68. The standard InChI is InChI=1S/C14H16ClF3N2O3S/c1-24(22,23)13(4-6-19-7-5-13)12(21)20-9-2-3-11(15)10(8-9)14(16,17)18/h2-3,8,19H,4-7H2,1H3,(H,20,21). The van der Waals surface area contributed by atoms with E-state index in [9.17, 15) is 26.4 Å². The highest BCUT2D eigenvalue weighted by molar-refractivity contribution is 7.92. The summed E-state index contributed by atoms with van der Waals surface area (Å²) in [5, 5.41) is 4.75. The van der Waals surface area contributed by atoms with Crippen LogP contribution in [-0.2, 0) is 20.8 Å². The molecule has 1 aromatic carbocycles. The average molecular weight is 385 g/mol. The normalized spacial score (nSPS) is 18.2. The van der Waals surface area contributed by atoms with Crippen LogP contribution in [0.1, 0.15) is 18.4 Å². The Morgan fingerprint density at radius 2 is 1.88 bits per heavy atom. The maximum absolute atomic E-state index is 12.9. The van der Waals surface area contributed by atoms with Gasteiger partial charge in [0, 0.05) is 11.9 Å². The highest BCUT2D eigenvalue weighted by Gasteiger charge is 2.48. The molecule has 134 valence electrons. The quantitative estimate of drug-likeness (QED) is 0.839. The van der Waals surface area contributed by atoms with Gasteiger partial charge in [-0.2, -0.15) is 13.2 Å². The monoisotopic (exact) mass is 384 g/mol. The van der Waals surface area contributed by atoms with Crippen molar-refractivity contribution in [3.8, 4) is 0 Å². The van der Waals surface area contributed by atoms with Crippen LogP contribution in [0.15, 0.2) is 18.2 Å². The molecule has 0 aromatic heterocycles. The fourth-order valence-corrected chi connectivity index (χ4v) is 4.22. The van der Waals surface area contributed by atoms with Crippen LogP contribution in [0, 0.1) is 0 Å². The highest BCUT2D eigenvalue weighted by atomic mass is 35.5. The molecule has 0 radical (unpaired) electrons. The number of piperidine rings is 1. The smallest absolute Gasteiger partial charge is 0.325 e. The second-order valence-electron chi connectivity index (χ2n) is 5.66. The van der Waals surface area contributed by atoms with E-state index in [1.165, 1.54) is 6.07 Å². The van der Waals surface area contributed by atoms with Crippen molar-refractivity contribution in [2.24, 2.45) is 0 Å². The van der Waals surface area contributed by atoms with E-state index in [-0.39, 0.29) is 18.5 Å². The summed E-state index contributed by atoms with van der Waals surface area (Å²) in [7, 11) is -3.75. The number of sulfone groups is 1. The first-order valence-corrected chi connectivity index (χ1v) is 9.33. The van der Waals surface area contributed by atoms with Gasteiger partial charge in [0.2, 0.25) is 5.91 Å². The van der Waals surface area contributed by atoms with Gasteiger partial charge in [-0.15, -0.1) is 0 Å². The van der Waals surface area contributed by atoms with Gasteiger partial charge in [0.05, 0.1) is 10.6 Å². The summed E-state index contributed by atoms with van der Waals surface area (Å²) in [6.45, 7) is 0.657. The van der Waals surface area contributed by atoms with Crippen LogP contribution >= 0.6 is 11.6 Å². The van der Waals surface area contributed by atoms with E-state index in [1.54, 1.807) is 0 Å². The first-order valence-electron chi connectivity index (χ1n) is 7.06. The van der Waals surface area contributed by atoms with Crippen molar-refractivity contribution in [2.45, 2.75) is 23.8 Å². The number of amides is 1. The van der Waals surface area contributed by atoms with Crippen molar-refractivity contribution in [2.75, 3.05) is 24.7 Å². The molecule has 10 heteroatoms. The number of hydrogen-bond donors (Lipinski definition) is 2. The molecule has 1 heterocycles. The number of benzene rings is 1. The van der Waals surface area contributed by atoms with Gasteiger partial charge in [0.1, 0.15) is 0 Å². The molecule has 1 aromatic rings. The third-order valence-electron chi connectivity index (χ3n) is 4.06. The first kappa shape index (κ1) is 19.0. The highest BCUT2D eigenvalue weighted by Crippen LogP contribution is 2.37. The zero-order valence-electron chi connectivity index (χ0n) is 12.7. The lowest BCUT2D eigenvalue weighted by molar-refractivity contribution is -0.137. The molecule has 1 amide bonds. The largest absolute Gasteiger partial charge is 0.417 e. The van der Waals surface area contributed by atoms with Crippen molar-refractivity contribution in [3.05, 3.63) is 28.8 Å². The molecule has 2 rings (SSSR count). The van der Waals surface area contributed by atoms with Crippen molar-refractivity contribution in [1.29, 1.82) is 0 Å². The zero-order chi connectivity index (χ0) is 18.2. The zero-order valence-corrected chi connectivity index (χ0v) is 14.3. The van der Waals surface area contributed by atoms with E-state index in [1.807, 2.05) is 0 Å². The molecular formula is C14H16ClF3N2O3S. The van der Waals surface area contributed by atoms with Crippen LogP contribution in [0.25, 0.3) is 0 Å². The Kier molecular flexibility index (Phi) is 5.17. The maximum Gasteiger partial charge on any atom is 0.417 e. The number of alkyl halides is 3. The van der Waals surface area contributed by atoms with Crippen LogP contribution in [0.4, 0.5) is 18.9 Å². The summed E-state index contributed by atoms with van der Waals surface area (Å²) < 4.78 is 61.3. The molecule has 0 unspecified atom stereocenters. The number of rotatable bonds is 3. The van der Waals surface area contributed by atoms with Gasteiger partial charge in [-0.3, -0.25) is 4.79 Å². The fraction of sp³-hybridized carbons (Fsp3) is 0.500. The molecule has 1 aliphatic rings. The molecule has 2 N–H and O–H groups in total. The second kappa shape index (κ2) is 6.53. The molecule has 0 bridgehead atoms. The third kappa shape index (κ3) is 3.68. The predicted octanol–water partition coefficient (Wildman–Crippen LogP) is 2.46. The van der Waals surface area contributed by atoms with E-state index in [0.717, 1.165) is 12.3 Å². The van der Waals surface area contributed by atoms with Gasteiger partial charge >= 0.3 is 6.18 Å². The number of hydrogen-bond acceptors (Lipinski definition) is 4. The van der Waals surface area contributed by atoms with E-state index < -0.39 is 37.3 Å². The fourth-order valence-electron chi connectivity index (χ4n) is 2.66. The van der Waals surface area contributed by atoms with E-state index in [4.69, 9.17) is 11.6 Å². The van der Waals surface area contributed by atoms with Gasteiger partial charge in [-0.1, -0.05) is 11.6 Å². The first-order chi connectivity index (χ1) is 11.0. The topological polar surface area (TPSA) is 75.3 Å². The maximum atomic E-state index is 12.9. The number of halogens is 4. The molecule has 24 heavy (non-hydrogen) atoms. The van der Waals surface area contributed by atoms with Gasteiger partial charge in [-0.05, 0) is 44.1 Å². The predicted molar refractivity (Wildman–Crippen MR) is 84.8 cm³/mol. The summed E-state index contributed by atoms with van der Waals surface area (Å²) in [6, 6.07) is 2.90. The minimum Gasteiger partial charge on any atom is -0.325 e. The lowest BCUT2D eigenvalue weighted by Gasteiger charge is -2.34. The SMILES string of the molecule is CS(=O)(=O)C1(C(=O)Nc2ccc(Cl)c(C(F)(F)F)c2)CCNCC1. The molecule has 0 spiro atoms. The Morgan fingerprint density at radius 3 is 2.38 bits per heavy atom. The molecule has 1 saturated heterocycles. The van der Waals surface area contributed by atoms with Crippen molar-refractivity contribution in [3.63, 3.8) is 0 Å². The summed E-state index contributed by atoms with van der Waals surface area (Å²) in [5.41, 5.74) is -1.25. The van der Waals surface area contributed by atoms with Crippen LogP contribution in [0.3, 0.4) is 0 Å². The Balaban J connectivity index is 2.35. The van der Waals surface area contributed by atoms with Crippen molar-refractivity contribution >= 4 is 33.0 Å². The number of carbonyl (C=O) groups is 1. The Hall–Kier alpha value is -1.32.